The van der Waals surface area contributed by atoms with Gasteiger partial charge >= 0.3 is 0 Å². The lowest BCUT2D eigenvalue weighted by Gasteiger charge is -2.18. The fraction of sp³-hybridized carbons (Fsp3) is 0.250. The maximum absolute atomic E-state index is 11.6. The van der Waals surface area contributed by atoms with Gasteiger partial charge in [0.15, 0.2) is 5.78 Å². The van der Waals surface area contributed by atoms with Crippen LogP contribution in [-0.4, -0.2) is 12.8 Å². The quantitative estimate of drug-likeness (QED) is 0.879. The molecule has 2 aromatic rings. The van der Waals surface area contributed by atoms with Crippen LogP contribution in [0.2, 0.25) is 0 Å². The van der Waals surface area contributed by atoms with Crippen LogP contribution in [0.3, 0.4) is 0 Å². The van der Waals surface area contributed by atoms with E-state index in [4.69, 9.17) is 5.73 Å². The summed E-state index contributed by atoms with van der Waals surface area (Å²) >= 11 is 1.28. The first-order valence-electron chi connectivity index (χ1n) is 6.54. The zero-order valence-corrected chi connectivity index (χ0v) is 13.1. The first-order chi connectivity index (χ1) is 9.93. The number of nitriles is 1. The summed E-state index contributed by atoms with van der Waals surface area (Å²) in [5.41, 5.74) is 8.94. The number of carbonyl (C=O) groups is 1. The van der Waals surface area contributed by atoms with Crippen LogP contribution in [0.4, 0.5) is 10.7 Å². The average Bonchev–Trinajstić information content (AvgIpc) is 2.75. The molecule has 0 atom stereocenters. The van der Waals surface area contributed by atoms with E-state index in [1.165, 1.54) is 23.8 Å². The molecular weight excluding hydrogens is 282 g/mol. The summed E-state index contributed by atoms with van der Waals surface area (Å²) in [6.45, 7) is 4.17. The van der Waals surface area contributed by atoms with Gasteiger partial charge in [-0.25, -0.2) is 0 Å². The number of hydrogen-bond donors (Lipinski definition) is 1. The number of thiophene rings is 1. The van der Waals surface area contributed by atoms with Crippen LogP contribution in [0.15, 0.2) is 24.3 Å². The molecule has 1 aromatic heterocycles. The minimum absolute atomic E-state index is 0.107. The number of nitrogens with zero attached hydrogens (tertiary/aromatic N) is 2. The molecule has 0 spiro atoms. The van der Waals surface area contributed by atoms with Gasteiger partial charge in [-0.15, -0.1) is 11.3 Å². The number of ketones is 1. The summed E-state index contributed by atoms with van der Waals surface area (Å²) in [5.74, 6) is -0.107. The second kappa shape index (κ2) is 5.98. The fourth-order valence-corrected chi connectivity index (χ4v) is 3.25. The standard InChI is InChI=1S/C16H17N3OS/c1-10-5-4-6-12(7-10)9-19(3)16-13(8-17)14(18)15(21-16)11(2)20/h4-7H,9,18H2,1-3H3. The highest BCUT2D eigenvalue weighted by Gasteiger charge is 2.21. The Bertz CT molecular complexity index is 728. The van der Waals surface area contributed by atoms with Crippen molar-refractivity contribution in [3.63, 3.8) is 0 Å². The number of carbonyl (C=O) groups excluding carboxylic acids is 1. The van der Waals surface area contributed by atoms with Crippen LogP contribution >= 0.6 is 11.3 Å². The summed E-state index contributed by atoms with van der Waals surface area (Å²) in [6, 6.07) is 10.3. The number of nitrogen functional groups attached to an aromatic ring is 1. The second-order valence-electron chi connectivity index (χ2n) is 5.04. The molecule has 108 valence electrons. The normalized spacial score (nSPS) is 10.2. The smallest absolute Gasteiger partial charge is 0.171 e. The van der Waals surface area contributed by atoms with Gasteiger partial charge in [-0.2, -0.15) is 5.26 Å². The van der Waals surface area contributed by atoms with Gasteiger partial charge in [0.05, 0.1) is 10.6 Å². The Hall–Kier alpha value is -2.32. The number of hydrogen-bond acceptors (Lipinski definition) is 5. The number of benzene rings is 1. The summed E-state index contributed by atoms with van der Waals surface area (Å²) in [6.07, 6.45) is 0. The van der Waals surface area contributed by atoms with Gasteiger partial charge in [-0.3, -0.25) is 4.79 Å². The number of aryl methyl sites for hydroxylation is 1. The lowest BCUT2D eigenvalue weighted by Crippen LogP contribution is -2.16. The molecule has 0 unspecified atom stereocenters. The summed E-state index contributed by atoms with van der Waals surface area (Å²) in [4.78, 5) is 14.0. The van der Waals surface area contributed by atoms with Gasteiger partial charge in [-0.05, 0) is 12.5 Å². The summed E-state index contributed by atoms with van der Waals surface area (Å²) < 4.78 is 0. The van der Waals surface area contributed by atoms with Crippen LogP contribution in [-0.2, 0) is 6.54 Å². The Morgan fingerprint density at radius 1 is 1.48 bits per heavy atom. The highest BCUT2D eigenvalue weighted by atomic mass is 32.1. The lowest BCUT2D eigenvalue weighted by atomic mass is 10.1. The molecule has 0 fully saturated rings. The summed E-state index contributed by atoms with van der Waals surface area (Å²) in [7, 11) is 1.90. The van der Waals surface area contributed by atoms with Gasteiger partial charge in [0, 0.05) is 20.5 Å². The van der Waals surface area contributed by atoms with Gasteiger partial charge in [0.2, 0.25) is 0 Å². The van der Waals surface area contributed by atoms with Crippen LogP contribution < -0.4 is 10.6 Å². The monoisotopic (exact) mass is 299 g/mol. The maximum atomic E-state index is 11.6. The van der Waals surface area contributed by atoms with E-state index in [0.717, 1.165) is 10.6 Å². The first-order valence-corrected chi connectivity index (χ1v) is 7.35. The zero-order valence-electron chi connectivity index (χ0n) is 12.3. The van der Waals surface area contributed by atoms with Crippen molar-refractivity contribution >= 4 is 27.8 Å². The molecule has 2 rings (SSSR count). The predicted molar refractivity (Wildman–Crippen MR) is 86.7 cm³/mol. The molecule has 0 saturated carbocycles. The van der Waals surface area contributed by atoms with E-state index in [-0.39, 0.29) is 5.78 Å². The number of Topliss-reactive ketones (excluding diaryl/α,β-unsaturated/α-hetero) is 1. The molecule has 0 aliphatic carbocycles. The third-order valence-corrected chi connectivity index (χ3v) is 4.63. The average molecular weight is 299 g/mol. The number of rotatable bonds is 4. The lowest BCUT2D eigenvalue weighted by molar-refractivity contribution is 0.102. The van der Waals surface area contributed by atoms with Crippen LogP contribution in [0.25, 0.3) is 0 Å². The molecule has 2 N–H and O–H groups in total. The van der Waals surface area contributed by atoms with E-state index in [0.29, 0.717) is 22.7 Å². The van der Waals surface area contributed by atoms with Crippen LogP contribution in [0.5, 0.6) is 0 Å². The summed E-state index contributed by atoms with van der Waals surface area (Å²) in [5, 5.41) is 10.0. The van der Waals surface area contributed by atoms with E-state index in [9.17, 15) is 10.1 Å². The minimum atomic E-state index is -0.107. The molecule has 0 amide bonds. The van der Waals surface area contributed by atoms with E-state index >= 15 is 0 Å². The third kappa shape index (κ3) is 3.06. The zero-order chi connectivity index (χ0) is 15.6. The van der Waals surface area contributed by atoms with Crippen molar-refractivity contribution < 1.29 is 4.79 Å². The molecule has 0 aliphatic heterocycles. The van der Waals surface area contributed by atoms with Gasteiger partial charge in [0.25, 0.3) is 0 Å². The van der Waals surface area contributed by atoms with Crippen molar-refractivity contribution in [1.29, 1.82) is 5.26 Å². The molecule has 0 aliphatic rings. The van der Waals surface area contributed by atoms with Gasteiger partial charge < -0.3 is 10.6 Å². The van der Waals surface area contributed by atoms with Crippen LogP contribution in [0.1, 0.15) is 33.3 Å². The molecule has 0 saturated heterocycles. The second-order valence-corrected chi connectivity index (χ2v) is 6.04. The van der Waals surface area contributed by atoms with E-state index in [2.05, 4.69) is 12.1 Å². The molecule has 1 aromatic carbocycles. The Morgan fingerprint density at radius 3 is 2.76 bits per heavy atom. The van der Waals surface area contributed by atoms with Crippen molar-refractivity contribution in [2.24, 2.45) is 0 Å². The molecule has 0 radical (unpaired) electrons. The van der Waals surface area contributed by atoms with Crippen LogP contribution in [0, 0.1) is 18.3 Å². The number of nitrogens with two attached hydrogens (primary N) is 1. The largest absolute Gasteiger partial charge is 0.396 e. The van der Waals surface area contributed by atoms with Crippen molar-refractivity contribution in [2.75, 3.05) is 17.7 Å². The molecule has 1 heterocycles. The highest BCUT2D eigenvalue weighted by molar-refractivity contribution is 7.19. The first kappa shape index (κ1) is 15.1. The Kier molecular flexibility index (Phi) is 4.29. The molecular formula is C16H17N3OS. The SMILES string of the molecule is CC(=O)c1sc(N(C)Cc2cccc(C)c2)c(C#N)c1N. The van der Waals surface area contributed by atoms with Crippen molar-refractivity contribution in [1.82, 2.24) is 0 Å². The van der Waals surface area contributed by atoms with Crippen molar-refractivity contribution in [3.05, 3.63) is 45.8 Å². The highest BCUT2D eigenvalue weighted by Crippen LogP contribution is 2.38. The van der Waals surface area contributed by atoms with E-state index in [1.54, 1.807) is 0 Å². The molecule has 4 nitrogen and oxygen atoms in total. The molecule has 21 heavy (non-hydrogen) atoms. The van der Waals surface area contributed by atoms with E-state index < -0.39 is 0 Å². The predicted octanol–water partition coefficient (Wildman–Crippen LogP) is 3.35. The topological polar surface area (TPSA) is 70.1 Å². The number of anilines is 2. The maximum Gasteiger partial charge on any atom is 0.171 e. The minimum Gasteiger partial charge on any atom is -0.396 e. The van der Waals surface area contributed by atoms with Gasteiger partial charge in [0.1, 0.15) is 16.6 Å². The van der Waals surface area contributed by atoms with Crippen molar-refractivity contribution in [3.8, 4) is 6.07 Å². The molecule has 0 bridgehead atoms. The Labute approximate surface area is 128 Å². The van der Waals surface area contributed by atoms with Crippen molar-refractivity contribution in [2.45, 2.75) is 20.4 Å². The molecule has 5 heteroatoms. The third-order valence-electron chi connectivity index (χ3n) is 3.21. The van der Waals surface area contributed by atoms with E-state index in [1.807, 2.05) is 37.1 Å². The fourth-order valence-electron chi connectivity index (χ4n) is 2.23. The van der Waals surface area contributed by atoms with Gasteiger partial charge in [-0.1, -0.05) is 29.8 Å². The Balaban J connectivity index is 2.35. The Morgan fingerprint density at radius 2 is 2.19 bits per heavy atom.